The van der Waals surface area contributed by atoms with E-state index in [1.807, 2.05) is 24.3 Å². The number of carbonyl (C=O) groups excluding carboxylic acids is 2. The van der Waals surface area contributed by atoms with Gasteiger partial charge >= 0.3 is 0 Å². The Hall–Kier alpha value is -1.86. The highest BCUT2D eigenvalue weighted by Gasteiger charge is 2.21. The lowest BCUT2D eigenvalue weighted by Gasteiger charge is -2.16. The maximum absolute atomic E-state index is 12.0. The summed E-state index contributed by atoms with van der Waals surface area (Å²) in [6.07, 6.45) is 1.49. The number of benzene rings is 2. The number of nitrogens with one attached hydrogen (secondary N) is 1. The van der Waals surface area contributed by atoms with Crippen LogP contribution < -0.4 is 15.0 Å². The minimum absolute atomic E-state index is 0.0928. The number of hydrogen-bond acceptors (Lipinski definition) is 3. The Morgan fingerprint density at radius 1 is 1.16 bits per heavy atom. The summed E-state index contributed by atoms with van der Waals surface area (Å²) < 4.78 is 7.22. The average Bonchev–Trinajstić information content (AvgIpc) is 3.02. The molecule has 2 aromatic rings. The van der Waals surface area contributed by atoms with Crippen molar-refractivity contribution in [2.45, 2.75) is 12.8 Å². The molecule has 2 aromatic carbocycles. The van der Waals surface area contributed by atoms with E-state index >= 15 is 0 Å². The largest absolute Gasteiger partial charge is 0.484 e. The van der Waals surface area contributed by atoms with Gasteiger partial charge in [-0.15, -0.1) is 0 Å². The highest BCUT2D eigenvalue weighted by atomic mass is 79.9. The van der Waals surface area contributed by atoms with Gasteiger partial charge < -0.3 is 15.0 Å². The Balaban J connectivity index is 1.54. The van der Waals surface area contributed by atoms with Gasteiger partial charge in [0.15, 0.2) is 6.61 Å². The van der Waals surface area contributed by atoms with E-state index in [0.717, 1.165) is 27.6 Å². The molecule has 0 aliphatic carbocycles. The van der Waals surface area contributed by atoms with Crippen LogP contribution in [0.2, 0.25) is 0 Å². The zero-order valence-corrected chi connectivity index (χ0v) is 16.5. The second kappa shape index (κ2) is 8.01. The zero-order valence-electron chi connectivity index (χ0n) is 13.3. The molecule has 0 atom stereocenters. The van der Waals surface area contributed by atoms with Crippen molar-refractivity contribution in [3.05, 3.63) is 51.4 Å². The molecular formula is C18H16Br2N2O3. The van der Waals surface area contributed by atoms with Crippen molar-refractivity contribution < 1.29 is 14.3 Å². The van der Waals surface area contributed by atoms with Crippen LogP contribution >= 0.6 is 31.9 Å². The van der Waals surface area contributed by atoms with Gasteiger partial charge in [0.05, 0.1) is 5.69 Å². The third kappa shape index (κ3) is 4.61. The summed E-state index contributed by atoms with van der Waals surface area (Å²) in [7, 11) is 0. The van der Waals surface area contributed by atoms with Gasteiger partial charge in [0.2, 0.25) is 5.91 Å². The van der Waals surface area contributed by atoms with Crippen molar-refractivity contribution in [1.82, 2.24) is 0 Å². The number of ether oxygens (including phenoxy) is 1. The zero-order chi connectivity index (χ0) is 17.8. The molecule has 1 aliphatic rings. The Kier molecular flexibility index (Phi) is 5.75. The van der Waals surface area contributed by atoms with Crippen LogP contribution in [0.1, 0.15) is 12.8 Å². The fourth-order valence-electron chi connectivity index (χ4n) is 2.57. The lowest BCUT2D eigenvalue weighted by atomic mass is 10.3. The Bertz CT molecular complexity index is 793. The van der Waals surface area contributed by atoms with Crippen LogP contribution in [0, 0.1) is 0 Å². The molecule has 0 radical (unpaired) electrons. The molecule has 1 aliphatic heterocycles. The molecule has 25 heavy (non-hydrogen) atoms. The number of anilines is 2. The summed E-state index contributed by atoms with van der Waals surface area (Å²) in [4.78, 5) is 25.5. The molecule has 130 valence electrons. The van der Waals surface area contributed by atoms with E-state index in [2.05, 4.69) is 37.2 Å². The van der Waals surface area contributed by atoms with E-state index in [9.17, 15) is 9.59 Å². The Labute approximate surface area is 162 Å². The first-order chi connectivity index (χ1) is 12.0. The predicted molar refractivity (Wildman–Crippen MR) is 104 cm³/mol. The maximum Gasteiger partial charge on any atom is 0.262 e. The van der Waals surface area contributed by atoms with Gasteiger partial charge in [0.25, 0.3) is 5.91 Å². The molecule has 1 fully saturated rings. The summed E-state index contributed by atoms with van der Waals surface area (Å²) in [6.45, 7) is 0.661. The van der Waals surface area contributed by atoms with Crippen LogP contribution in [0.15, 0.2) is 51.4 Å². The summed E-state index contributed by atoms with van der Waals surface area (Å²) in [6, 6.07) is 12.7. The summed E-state index contributed by atoms with van der Waals surface area (Å²) in [5.74, 6) is 0.482. The van der Waals surface area contributed by atoms with Crippen LogP contribution in [0.4, 0.5) is 11.4 Å². The van der Waals surface area contributed by atoms with Crippen molar-refractivity contribution in [3.8, 4) is 5.75 Å². The summed E-state index contributed by atoms with van der Waals surface area (Å²) in [5.41, 5.74) is 1.54. The minimum atomic E-state index is -0.248. The summed E-state index contributed by atoms with van der Waals surface area (Å²) >= 11 is 6.76. The van der Waals surface area contributed by atoms with Gasteiger partial charge in [-0.05, 0) is 64.8 Å². The molecule has 0 unspecified atom stereocenters. The Morgan fingerprint density at radius 3 is 2.56 bits per heavy atom. The molecule has 0 aromatic heterocycles. The highest BCUT2D eigenvalue weighted by Crippen LogP contribution is 2.26. The number of nitrogens with zero attached hydrogens (tertiary/aromatic N) is 1. The van der Waals surface area contributed by atoms with E-state index in [1.165, 1.54) is 0 Å². The van der Waals surface area contributed by atoms with Crippen LogP contribution in [-0.2, 0) is 9.59 Å². The fourth-order valence-corrected chi connectivity index (χ4v) is 3.72. The molecule has 7 heteroatoms. The quantitative estimate of drug-likeness (QED) is 0.710. The van der Waals surface area contributed by atoms with Gasteiger partial charge in [-0.2, -0.15) is 0 Å². The van der Waals surface area contributed by atoms with Crippen LogP contribution in [0.3, 0.4) is 0 Å². The topological polar surface area (TPSA) is 58.6 Å². The molecule has 1 N–H and O–H groups in total. The first-order valence-electron chi connectivity index (χ1n) is 7.81. The fraction of sp³-hybridized carbons (Fsp3) is 0.222. The van der Waals surface area contributed by atoms with Gasteiger partial charge in [0.1, 0.15) is 5.75 Å². The van der Waals surface area contributed by atoms with E-state index in [0.29, 0.717) is 17.9 Å². The van der Waals surface area contributed by atoms with Crippen LogP contribution in [-0.4, -0.2) is 25.0 Å². The average molecular weight is 468 g/mol. The van der Waals surface area contributed by atoms with E-state index in [4.69, 9.17) is 4.74 Å². The van der Waals surface area contributed by atoms with E-state index in [-0.39, 0.29) is 18.4 Å². The molecule has 1 saturated heterocycles. The van der Waals surface area contributed by atoms with Crippen molar-refractivity contribution >= 4 is 55.0 Å². The van der Waals surface area contributed by atoms with Crippen molar-refractivity contribution in [3.63, 3.8) is 0 Å². The number of rotatable bonds is 5. The normalized spacial score (nSPS) is 13.8. The van der Waals surface area contributed by atoms with Gasteiger partial charge in [0, 0.05) is 27.6 Å². The molecule has 0 saturated carbocycles. The third-order valence-corrected chi connectivity index (χ3v) is 4.95. The first kappa shape index (κ1) is 17.9. The standard InChI is InChI=1S/C18H16Br2N2O3/c19-12-3-8-16(15(20)10-12)21-17(23)11-25-14-6-4-13(5-7-14)22-9-1-2-18(22)24/h3-8,10H,1-2,9,11H2,(H,21,23). The van der Waals surface area contributed by atoms with E-state index < -0.39 is 0 Å². The van der Waals surface area contributed by atoms with Crippen molar-refractivity contribution in [2.24, 2.45) is 0 Å². The number of hydrogen-bond donors (Lipinski definition) is 1. The monoisotopic (exact) mass is 466 g/mol. The molecule has 0 bridgehead atoms. The number of amides is 2. The SMILES string of the molecule is O=C(COc1ccc(N2CCCC2=O)cc1)Nc1ccc(Br)cc1Br. The lowest BCUT2D eigenvalue weighted by molar-refractivity contribution is -0.118. The molecule has 0 spiro atoms. The first-order valence-corrected chi connectivity index (χ1v) is 9.39. The summed E-state index contributed by atoms with van der Waals surface area (Å²) in [5, 5.41) is 2.79. The van der Waals surface area contributed by atoms with Gasteiger partial charge in [-0.3, -0.25) is 9.59 Å². The van der Waals surface area contributed by atoms with Gasteiger partial charge in [-0.25, -0.2) is 0 Å². The predicted octanol–water partition coefficient (Wildman–Crippen LogP) is 4.36. The smallest absolute Gasteiger partial charge is 0.262 e. The molecule has 2 amide bonds. The second-order valence-corrected chi connectivity index (χ2v) is 7.37. The Morgan fingerprint density at radius 2 is 1.92 bits per heavy atom. The lowest BCUT2D eigenvalue weighted by Crippen LogP contribution is -2.23. The van der Waals surface area contributed by atoms with Crippen molar-refractivity contribution in [1.29, 1.82) is 0 Å². The molecule has 3 rings (SSSR count). The molecular weight excluding hydrogens is 452 g/mol. The van der Waals surface area contributed by atoms with Crippen LogP contribution in [0.25, 0.3) is 0 Å². The van der Waals surface area contributed by atoms with Crippen molar-refractivity contribution in [2.75, 3.05) is 23.4 Å². The maximum atomic E-state index is 12.0. The van der Waals surface area contributed by atoms with Gasteiger partial charge in [-0.1, -0.05) is 15.9 Å². The number of halogens is 2. The second-order valence-electron chi connectivity index (χ2n) is 5.60. The van der Waals surface area contributed by atoms with E-state index in [1.54, 1.807) is 23.1 Å². The highest BCUT2D eigenvalue weighted by molar-refractivity contribution is 9.11. The minimum Gasteiger partial charge on any atom is -0.484 e. The van der Waals surface area contributed by atoms with Crippen LogP contribution in [0.5, 0.6) is 5.75 Å². The third-order valence-electron chi connectivity index (χ3n) is 3.80. The molecule has 1 heterocycles. The number of carbonyl (C=O) groups is 2. The molecule has 5 nitrogen and oxygen atoms in total.